The molecule has 0 aliphatic carbocycles. The molecule has 0 aliphatic rings. The van der Waals surface area contributed by atoms with Gasteiger partial charge >= 0.3 is 5.97 Å². The highest BCUT2D eigenvalue weighted by atomic mass is 16.5. The molecule has 1 rings (SSSR count). The van der Waals surface area contributed by atoms with Gasteiger partial charge in [0.2, 0.25) is 11.8 Å². The monoisotopic (exact) mass is 309 g/mol. The van der Waals surface area contributed by atoms with Crippen molar-refractivity contribution in [3.8, 4) is 0 Å². The van der Waals surface area contributed by atoms with E-state index >= 15 is 0 Å². The fourth-order valence-electron chi connectivity index (χ4n) is 2.03. The number of rotatable bonds is 8. The van der Waals surface area contributed by atoms with Gasteiger partial charge in [-0.15, -0.1) is 0 Å². The molecular formula is C15H23N3O4. The Morgan fingerprint density at radius 2 is 1.91 bits per heavy atom. The van der Waals surface area contributed by atoms with Crippen LogP contribution in [0.4, 0.5) is 0 Å². The van der Waals surface area contributed by atoms with E-state index in [9.17, 15) is 14.4 Å². The molecule has 1 heterocycles. The molecule has 122 valence electrons. The van der Waals surface area contributed by atoms with Crippen LogP contribution in [0.1, 0.15) is 41.9 Å². The van der Waals surface area contributed by atoms with Crippen LogP contribution >= 0.6 is 0 Å². The molecule has 0 saturated heterocycles. The normalized spacial score (nSPS) is 10.1. The average Bonchev–Trinajstić information content (AvgIpc) is 2.82. The first-order valence-electron chi connectivity index (χ1n) is 7.30. The highest BCUT2D eigenvalue weighted by Gasteiger charge is 2.17. The van der Waals surface area contributed by atoms with Crippen molar-refractivity contribution in [3.05, 3.63) is 23.0 Å². The number of aryl methyl sites for hydroxylation is 2. The summed E-state index contributed by atoms with van der Waals surface area (Å²) in [6.45, 7) is 6.09. The van der Waals surface area contributed by atoms with Crippen LogP contribution in [-0.4, -0.2) is 42.5 Å². The third-order valence-corrected chi connectivity index (χ3v) is 3.06. The summed E-state index contributed by atoms with van der Waals surface area (Å²) in [6, 6.07) is 0. The molecule has 2 amide bonds. The van der Waals surface area contributed by atoms with E-state index in [0.29, 0.717) is 37.4 Å². The summed E-state index contributed by atoms with van der Waals surface area (Å²) in [5, 5.41) is 5.30. The maximum Gasteiger partial charge on any atom is 0.340 e. The Hall–Kier alpha value is -2.31. The lowest BCUT2D eigenvalue weighted by Crippen LogP contribution is -2.33. The van der Waals surface area contributed by atoms with Crippen LogP contribution in [0.15, 0.2) is 6.20 Å². The van der Waals surface area contributed by atoms with Gasteiger partial charge in [0.25, 0.3) is 0 Å². The van der Waals surface area contributed by atoms with Gasteiger partial charge in [-0.2, -0.15) is 0 Å². The zero-order valence-corrected chi connectivity index (χ0v) is 13.2. The van der Waals surface area contributed by atoms with E-state index in [0.717, 1.165) is 5.56 Å². The van der Waals surface area contributed by atoms with E-state index in [-0.39, 0.29) is 24.2 Å². The number of carbonyl (C=O) groups excluding carboxylic acids is 3. The quantitative estimate of drug-likeness (QED) is 0.486. The molecule has 22 heavy (non-hydrogen) atoms. The smallest absolute Gasteiger partial charge is 0.340 e. The predicted octanol–water partition coefficient (Wildman–Crippen LogP) is 0.685. The minimum Gasteiger partial charge on any atom is -0.462 e. The van der Waals surface area contributed by atoms with Gasteiger partial charge in [-0.1, -0.05) is 0 Å². The van der Waals surface area contributed by atoms with E-state index in [1.807, 2.05) is 6.92 Å². The van der Waals surface area contributed by atoms with Crippen molar-refractivity contribution in [2.75, 3.05) is 19.7 Å². The Morgan fingerprint density at radius 3 is 2.55 bits per heavy atom. The third-order valence-electron chi connectivity index (χ3n) is 3.06. The molecule has 1 aromatic heterocycles. The minimum absolute atomic E-state index is 0.129. The van der Waals surface area contributed by atoms with Gasteiger partial charge in [0.15, 0.2) is 0 Å². The Bertz CT molecular complexity index is 537. The second kappa shape index (κ2) is 8.86. The number of esters is 1. The third kappa shape index (κ3) is 5.59. The Kier molecular flexibility index (Phi) is 7.15. The van der Waals surface area contributed by atoms with E-state index < -0.39 is 0 Å². The van der Waals surface area contributed by atoms with Gasteiger partial charge in [0.1, 0.15) is 0 Å². The lowest BCUT2D eigenvalue weighted by Gasteiger charge is -2.07. The van der Waals surface area contributed by atoms with Crippen LogP contribution in [0.25, 0.3) is 0 Å². The van der Waals surface area contributed by atoms with E-state index in [1.165, 1.54) is 6.92 Å². The van der Waals surface area contributed by atoms with Crippen LogP contribution in [0.5, 0.6) is 0 Å². The molecule has 3 N–H and O–H groups in total. The second-order valence-corrected chi connectivity index (χ2v) is 4.88. The predicted molar refractivity (Wildman–Crippen MR) is 81.5 cm³/mol. The summed E-state index contributed by atoms with van der Waals surface area (Å²) < 4.78 is 5.02. The molecule has 7 heteroatoms. The van der Waals surface area contributed by atoms with Crippen molar-refractivity contribution >= 4 is 17.8 Å². The van der Waals surface area contributed by atoms with Crippen LogP contribution in [0.3, 0.4) is 0 Å². The van der Waals surface area contributed by atoms with Crippen LogP contribution < -0.4 is 10.6 Å². The Labute approximate surface area is 129 Å². The van der Waals surface area contributed by atoms with Gasteiger partial charge < -0.3 is 20.4 Å². The van der Waals surface area contributed by atoms with Crippen molar-refractivity contribution in [1.29, 1.82) is 0 Å². The van der Waals surface area contributed by atoms with Crippen molar-refractivity contribution in [1.82, 2.24) is 15.6 Å². The molecular weight excluding hydrogens is 286 g/mol. The Balaban J connectivity index is 2.46. The summed E-state index contributed by atoms with van der Waals surface area (Å²) >= 11 is 0. The summed E-state index contributed by atoms with van der Waals surface area (Å²) in [5.41, 5.74) is 2.01. The van der Waals surface area contributed by atoms with Crippen LogP contribution in [0.2, 0.25) is 0 Å². The van der Waals surface area contributed by atoms with Gasteiger partial charge in [0, 0.05) is 38.3 Å². The highest BCUT2D eigenvalue weighted by Crippen LogP contribution is 2.16. The summed E-state index contributed by atoms with van der Waals surface area (Å²) in [6.07, 6.45) is 2.41. The highest BCUT2D eigenvalue weighted by molar-refractivity contribution is 5.92. The molecule has 0 aromatic carbocycles. The van der Waals surface area contributed by atoms with Crippen LogP contribution in [0, 0.1) is 6.92 Å². The zero-order chi connectivity index (χ0) is 16.5. The molecule has 7 nitrogen and oxygen atoms in total. The number of aromatic amines is 1. The molecule has 0 radical (unpaired) electrons. The number of hydrogen-bond donors (Lipinski definition) is 3. The number of ether oxygens (including phenoxy) is 1. The van der Waals surface area contributed by atoms with Gasteiger partial charge in [-0.05, 0) is 25.8 Å². The molecule has 1 aromatic rings. The fraction of sp³-hybridized carbons (Fsp3) is 0.533. The molecule has 0 spiro atoms. The maximum absolute atomic E-state index is 11.9. The number of carbonyl (C=O) groups is 3. The number of amides is 2. The first kappa shape index (κ1) is 17.7. The van der Waals surface area contributed by atoms with E-state index in [2.05, 4.69) is 15.6 Å². The molecule has 0 atom stereocenters. The lowest BCUT2D eigenvalue weighted by atomic mass is 10.1. The van der Waals surface area contributed by atoms with Crippen molar-refractivity contribution in [3.63, 3.8) is 0 Å². The summed E-state index contributed by atoms with van der Waals surface area (Å²) in [5.74, 6) is -0.634. The average molecular weight is 309 g/mol. The topological polar surface area (TPSA) is 100 Å². The van der Waals surface area contributed by atoms with E-state index in [4.69, 9.17) is 4.74 Å². The minimum atomic E-state index is -0.373. The maximum atomic E-state index is 11.9. The second-order valence-electron chi connectivity index (χ2n) is 4.88. The Morgan fingerprint density at radius 1 is 1.23 bits per heavy atom. The van der Waals surface area contributed by atoms with Crippen LogP contribution in [-0.2, 0) is 20.7 Å². The number of H-pyrrole nitrogens is 1. The first-order chi connectivity index (χ1) is 10.5. The summed E-state index contributed by atoms with van der Waals surface area (Å²) in [7, 11) is 0. The van der Waals surface area contributed by atoms with Crippen molar-refractivity contribution in [2.45, 2.75) is 33.6 Å². The van der Waals surface area contributed by atoms with Gasteiger partial charge in [-0.25, -0.2) is 4.79 Å². The standard InChI is InChI=1S/C15H23N3O4/c1-4-22-15(21)14-10(2)9-18-12(14)5-6-13(20)17-8-7-16-11(3)19/h9,18H,4-8H2,1-3H3,(H,16,19)(H,17,20). The largest absolute Gasteiger partial charge is 0.462 e. The molecule has 0 fully saturated rings. The van der Waals surface area contributed by atoms with E-state index in [1.54, 1.807) is 13.1 Å². The number of nitrogens with one attached hydrogen (secondary N) is 3. The number of aromatic nitrogens is 1. The van der Waals surface area contributed by atoms with Gasteiger partial charge in [0.05, 0.1) is 12.2 Å². The summed E-state index contributed by atoms with van der Waals surface area (Å²) in [4.78, 5) is 37.3. The molecule has 0 aliphatic heterocycles. The number of hydrogen-bond acceptors (Lipinski definition) is 4. The molecule has 0 bridgehead atoms. The zero-order valence-electron chi connectivity index (χ0n) is 13.2. The van der Waals surface area contributed by atoms with Crippen molar-refractivity contribution in [2.24, 2.45) is 0 Å². The molecule has 0 unspecified atom stereocenters. The fourth-order valence-corrected chi connectivity index (χ4v) is 2.03. The SMILES string of the molecule is CCOC(=O)c1c(C)c[nH]c1CCC(=O)NCCNC(C)=O. The van der Waals surface area contributed by atoms with Crippen molar-refractivity contribution < 1.29 is 19.1 Å². The first-order valence-corrected chi connectivity index (χ1v) is 7.30. The molecule has 0 saturated carbocycles. The lowest BCUT2D eigenvalue weighted by molar-refractivity contribution is -0.122. The van der Waals surface area contributed by atoms with Gasteiger partial charge in [-0.3, -0.25) is 9.59 Å².